The minimum absolute atomic E-state index is 0.558. The average molecular weight is 236 g/mol. The van der Waals surface area contributed by atoms with Gasteiger partial charge in [-0.05, 0) is 53.3 Å². The number of rotatable bonds is 3. The van der Waals surface area contributed by atoms with Gasteiger partial charge in [-0.2, -0.15) is 0 Å². The van der Waals surface area contributed by atoms with E-state index in [0.29, 0.717) is 10.8 Å². The molecule has 0 aliphatic heterocycles. The van der Waals surface area contributed by atoms with Crippen LogP contribution in [0.25, 0.3) is 0 Å². The lowest BCUT2D eigenvalue weighted by Gasteiger charge is -2.48. The molecule has 6 atom stereocenters. The van der Waals surface area contributed by atoms with E-state index in [-0.39, 0.29) is 0 Å². The summed E-state index contributed by atoms with van der Waals surface area (Å²) >= 11 is 0. The van der Waals surface area contributed by atoms with Crippen LogP contribution >= 0.6 is 0 Å². The van der Waals surface area contributed by atoms with Gasteiger partial charge in [-0.3, -0.25) is 0 Å². The first-order valence-corrected chi connectivity index (χ1v) is 7.82. The van der Waals surface area contributed by atoms with Crippen LogP contribution in [-0.4, -0.2) is 0 Å². The van der Waals surface area contributed by atoms with E-state index in [1.807, 2.05) is 0 Å². The van der Waals surface area contributed by atoms with E-state index in [4.69, 9.17) is 0 Å². The summed E-state index contributed by atoms with van der Waals surface area (Å²) in [4.78, 5) is 0. The molecule has 2 aliphatic carbocycles. The van der Waals surface area contributed by atoms with Crippen molar-refractivity contribution in [3.05, 3.63) is 0 Å². The molecule has 0 heteroatoms. The highest BCUT2D eigenvalue weighted by atomic mass is 14.7. The van der Waals surface area contributed by atoms with E-state index < -0.39 is 0 Å². The van der Waals surface area contributed by atoms with Gasteiger partial charge >= 0.3 is 0 Å². The van der Waals surface area contributed by atoms with E-state index in [9.17, 15) is 0 Å². The summed E-state index contributed by atoms with van der Waals surface area (Å²) in [6.45, 7) is 17.4. The highest BCUT2D eigenvalue weighted by molar-refractivity contribution is 5.18. The first-order chi connectivity index (χ1) is 7.82. The first kappa shape index (κ1) is 13.4. The normalized spacial score (nSPS) is 49.6. The second kappa shape index (κ2) is 4.00. The lowest BCUT2D eigenvalue weighted by Crippen LogP contribution is -2.42. The summed E-state index contributed by atoms with van der Waals surface area (Å²) in [5.41, 5.74) is 1.27. The van der Waals surface area contributed by atoms with Crippen molar-refractivity contribution < 1.29 is 0 Å². The molecule has 0 heterocycles. The number of hydrogen-bond acceptors (Lipinski definition) is 0. The molecule has 2 saturated carbocycles. The van der Waals surface area contributed by atoms with Crippen molar-refractivity contribution in [1.82, 2.24) is 0 Å². The Balaban J connectivity index is 2.30. The van der Waals surface area contributed by atoms with Crippen LogP contribution in [0.1, 0.15) is 67.7 Å². The van der Waals surface area contributed by atoms with Gasteiger partial charge in [-0.25, -0.2) is 0 Å². The molecule has 0 spiro atoms. The van der Waals surface area contributed by atoms with Crippen molar-refractivity contribution in [2.24, 2.45) is 40.4 Å². The summed E-state index contributed by atoms with van der Waals surface area (Å²) in [6.07, 6.45) is 4.24. The molecular weight excluding hydrogens is 204 g/mol. The Hall–Kier alpha value is 0. The molecular formula is C17H32. The average Bonchev–Trinajstić information content (AvgIpc) is 2.84. The van der Waals surface area contributed by atoms with Gasteiger partial charge in [0.2, 0.25) is 0 Å². The van der Waals surface area contributed by atoms with Crippen LogP contribution < -0.4 is 0 Å². The monoisotopic (exact) mass is 236 g/mol. The van der Waals surface area contributed by atoms with Crippen LogP contribution in [0.3, 0.4) is 0 Å². The van der Waals surface area contributed by atoms with Gasteiger partial charge in [0, 0.05) is 0 Å². The highest BCUT2D eigenvalue weighted by Gasteiger charge is 2.70. The second-order valence-electron chi connectivity index (χ2n) is 7.77. The molecule has 6 unspecified atom stereocenters. The first-order valence-electron chi connectivity index (χ1n) is 7.82. The minimum Gasteiger partial charge on any atom is -0.0651 e. The van der Waals surface area contributed by atoms with Crippen molar-refractivity contribution >= 4 is 0 Å². The maximum absolute atomic E-state index is 2.57. The Kier molecular flexibility index (Phi) is 3.16. The molecule has 0 aromatic rings. The van der Waals surface area contributed by atoms with Crippen molar-refractivity contribution in [3.8, 4) is 0 Å². The third kappa shape index (κ3) is 1.62. The van der Waals surface area contributed by atoms with Crippen LogP contribution in [0.5, 0.6) is 0 Å². The lowest BCUT2D eigenvalue weighted by molar-refractivity contribution is -0.000478. The Labute approximate surface area is 109 Å². The molecule has 0 nitrogen and oxygen atoms in total. The maximum Gasteiger partial charge on any atom is -0.0232 e. The summed E-state index contributed by atoms with van der Waals surface area (Å²) in [7, 11) is 0. The Morgan fingerprint density at radius 3 is 2.24 bits per heavy atom. The van der Waals surface area contributed by atoms with Gasteiger partial charge in [0.05, 0.1) is 0 Å². The molecule has 0 radical (unpaired) electrons. The van der Waals surface area contributed by atoms with Gasteiger partial charge in [0.15, 0.2) is 0 Å². The van der Waals surface area contributed by atoms with E-state index in [2.05, 4.69) is 48.5 Å². The molecule has 0 amide bonds. The quantitative estimate of drug-likeness (QED) is 0.617. The second-order valence-corrected chi connectivity index (χ2v) is 7.77. The van der Waals surface area contributed by atoms with Crippen molar-refractivity contribution in [2.75, 3.05) is 0 Å². The Morgan fingerprint density at radius 1 is 1.18 bits per heavy atom. The zero-order valence-electron chi connectivity index (χ0n) is 13.0. The number of fused-ring (bicyclic) bond motifs is 1. The fourth-order valence-electron chi connectivity index (χ4n) is 6.30. The van der Waals surface area contributed by atoms with Gasteiger partial charge in [-0.1, -0.05) is 54.9 Å². The molecule has 2 fully saturated rings. The molecule has 0 saturated heterocycles. The smallest absolute Gasteiger partial charge is 0.0232 e. The SMILES string of the molecule is CCC(C)C1C(C)CC2(CC)C(C)C2C1(C)C. The zero-order chi connectivity index (χ0) is 13.0. The Bertz CT molecular complexity index is 290. The van der Waals surface area contributed by atoms with Crippen LogP contribution in [0.15, 0.2) is 0 Å². The molecule has 2 aliphatic rings. The summed E-state index contributed by atoms with van der Waals surface area (Å²) in [5.74, 6) is 4.71. The summed E-state index contributed by atoms with van der Waals surface area (Å²) in [6, 6.07) is 0. The summed E-state index contributed by atoms with van der Waals surface area (Å²) in [5, 5.41) is 0. The van der Waals surface area contributed by atoms with Crippen molar-refractivity contribution in [1.29, 1.82) is 0 Å². The molecule has 0 aromatic heterocycles. The predicted octanol–water partition coefficient (Wildman–Crippen LogP) is 5.38. The zero-order valence-corrected chi connectivity index (χ0v) is 13.0. The third-order valence-electron chi connectivity index (χ3n) is 6.81. The van der Waals surface area contributed by atoms with Crippen LogP contribution in [0.4, 0.5) is 0 Å². The van der Waals surface area contributed by atoms with Gasteiger partial charge in [-0.15, -0.1) is 0 Å². The van der Waals surface area contributed by atoms with Crippen LogP contribution in [0, 0.1) is 40.4 Å². The summed E-state index contributed by atoms with van der Waals surface area (Å²) < 4.78 is 0. The minimum atomic E-state index is 0.558. The van der Waals surface area contributed by atoms with Crippen molar-refractivity contribution in [2.45, 2.75) is 67.7 Å². The van der Waals surface area contributed by atoms with Crippen molar-refractivity contribution in [3.63, 3.8) is 0 Å². The third-order valence-corrected chi connectivity index (χ3v) is 6.81. The number of hydrogen-bond donors (Lipinski definition) is 0. The molecule has 0 bridgehead atoms. The lowest BCUT2D eigenvalue weighted by atomic mass is 9.56. The van der Waals surface area contributed by atoms with Crippen LogP contribution in [0.2, 0.25) is 0 Å². The van der Waals surface area contributed by atoms with Gasteiger partial charge in [0.1, 0.15) is 0 Å². The molecule has 0 N–H and O–H groups in total. The predicted molar refractivity (Wildman–Crippen MR) is 75.9 cm³/mol. The molecule has 100 valence electrons. The fraction of sp³-hybridized carbons (Fsp3) is 1.00. The Morgan fingerprint density at radius 2 is 1.76 bits per heavy atom. The van der Waals surface area contributed by atoms with E-state index in [1.54, 1.807) is 0 Å². The van der Waals surface area contributed by atoms with Gasteiger partial charge in [0.25, 0.3) is 0 Å². The molecule has 0 aromatic carbocycles. The van der Waals surface area contributed by atoms with E-state index >= 15 is 0 Å². The van der Waals surface area contributed by atoms with Gasteiger partial charge < -0.3 is 0 Å². The van der Waals surface area contributed by atoms with Crippen LogP contribution in [-0.2, 0) is 0 Å². The topological polar surface area (TPSA) is 0 Å². The molecule has 17 heavy (non-hydrogen) atoms. The fourth-order valence-corrected chi connectivity index (χ4v) is 6.30. The highest BCUT2D eigenvalue weighted by Crippen LogP contribution is 2.76. The van der Waals surface area contributed by atoms with E-state index in [0.717, 1.165) is 29.6 Å². The maximum atomic E-state index is 2.57. The van der Waals surface area contributed by atoms with E-state index in [1.165, 1.54) is 19.3 Å². The largest absolute Gasteiger partial charge is 0.0651 e. The molecule has 2 rings (SSSR count). The standard InChI is InChI=1S/C17H32/c1-8-11(3)14-12(4)10-17(9-2)13(5)15(17)16(14,6)7/h11-15H,8-10H2,1-7H3.